The van der Waals surface area contributed by atoms with Gasteiger partial charge in [0, 0.05) is 25.1 Å². The van der Waals surface area contributed by atoms with E-state index in [0.717, 1.165) is 0 Å². The molecule has 0 heterocycles. The number of amides is 2. The van der Waals surface area contributed by atoms with Gasteiger partial charge in [0.15, 0.2) is 6.61 Å². The summed E-state index contributed by atoms with van der Waals surface area (Å²) in [4.78, 5) is 35.9. The second kappa shape index (κ2) is 12.1. The zero-order chi connectivity index (χ0) is 18.5. The molecule has 0 aromatic heterocycles. The Morgan fingerprint density at radius 2 is 1.96 bits per heavy atom. The van der Waals surface area contributed by atoms with Gasteiger partial charge in [-0.3, -0.25) is 9.59 Å². The SMILES string of the molecule is C=CCNC(=O)COC(=O)c1ccccc1SCC(=O)NCCOC. The largest absolute Gasteiger partial charge is 0.452 e. The van der Waals surface area contributed by atoms with E-state index in [1.54, 1.807) is 31.4 Å². The van der Waals surface area contributed by atoms with Crippen LogP contribution in [0, 0.1) is 0 Å². The van der Waals surface area contributed by atoms with Crippen molar-refractivity contribution in [3.05, 3.63) is 42.5 Å². The maximum atomic E-state index is 12.1. The van der Waals surface area contributed by atoms with E-state index in [0.29, 0.717) is 30.2 Å². The molecule has 8 heteroatoms. The van der Waals surface area contributed by atoms with E-state index in [4.69, 9.17) is 9.47 Å². The van der Waals surface area contributed by atoms with Crippen LogP contribution in [0.3, 0.4) is 0 Å². The number of esters is 1. The molecule has 0 saturated carbocycles. The van der Waals surface area contributed by atoms with Crippen molar-refractivity contribution in [1.29, 1.82) is 0 Å². The highest BCUT2D eigenvalue weighted by molar-refractivity contribution is 8.00. The fraction of sp³-hybridized carbons (Fsp3) is 0.353. The second-order valence-electron chi connectivity index (χ2n) is 4.80. The Bertz CT molecular complexity index is 606. The highest BCUT2D eigenvalue weighted by atomic mass is 32.2. The van der Waals surface area contributed by atoms with Crippen molar-refractivity contribution in [3.8, 4) is 0 Å². The normalized spacial score (nSPS) is 9.96. The fourth-order valence-corrected chi connectivity index (χ4v) is 2.56. The Hall–Kier alpha value is -2.32. The third kappa shape index (κ3) is 8.37. The molecule has 0 saturated heterocycles. The molecule has 2 amide bonds. The molecule has 1 rings (SSSR count). The van der Waals surface area contributed by atoms with Gasteiger partial charge in [0.05, 0.1) is 17.9 Å². The fourth-order valence-electron chi connectivity index (χ4n) is 1.69. The van der Waals surface area contributed by atoms with Crippen LogP contribution in [0.15, 0.2) is 41.8 Å². The van der Waals surface area contributed by atoms with E-state index in [1.807, 2.05) is 0 Å². The van der Waals surface area contributed by atoms with Gasteiger partial charge in [-0.1, -0.05) is 18.2 Å². The summed E-state index contributed by atoms with van der Waals surface area (Å²) in [6.45, 7) is 4.28. The first-order chi connectivity index (χ1) is 12.1. The first-order valence-corrected chi connectivity index (χ1v) is 8.59. The summed E-state index contributed by atoms with van der Waals surface area (Å²) in [6, 6.07) is 6.77. The highest BCUT2D eigenvalue weighted by Gasteiger charge is 2.15. The molecule has 0 unspecified atom stereocenters. The molecule has 2 N–H and O–H groups in total. The molecule has 1 aromatic carbocycles. The molecule has 0 bridgehead atoms. The Labute approximate surface area is 151 Å². The van der Waals surface area contributed by atoms with Crippen LogP contribution in [-0.2, 0) is 19.1 Å². The summed E-state index contributed by atoms with van der Waals surface area (Å²) < 4.78 is 9.85. The summed E-state index contributed by atoms with van der Waals surface area (Å²) in [6.07, 6.45) is 1.53. The van der Waals surface area contributed by atoms with Gasteiger partial charge >= 0.3 is 5.97 Å². The van der Waals surface area contributed by atoms with Crippen LogP contribution < -0.4 is 10.6 Å². The molecule has 0 aliphatic heterocycles. The van der Waals surface area contributed by atoms with Gasteiger partial charge < -0.3 is 20.1 Å². The van der Waals surface area contributed by atoms with Crippen LogP contribution in [0.5, 0.6) is 0 Å². The smallest absolute Gasteiger partial charge is 0.339 e. The number of hydrogen-bond donors (Lipinski definition) is 2. The molecule has 25 heavy (non-hydrogen) atoms. The number of nitrogens with one attached hydrogen (secondary N) is 2. The van der Waals surface area contributed by atoms with Crippen LogP contribution in [-0.4, -0.2) is 56.9 Å². The number of hydrogen-bond acceptors (Lipinski definition) is 6. The number of methoxy groups -OCH3 is 1. The van der Waals surface area contributed by atoms with Crippen LogP contribution in [0.1, 0.15) is 10.4 Å². The lowest BCUT2D eigenvalue weighted by Gasteiger charge is -2.09. The molecule has 0 spiro atoms. The first-order valence-electron chi connectivity index (χ1n) is 7.60. The van der Waals surface area contributed by atoms with Crippen LogP contribution in [0.2, 0.25) is 0 Å². The van der Waals surface area contributed by atoms with Crippen molar-refractivity contribution >= 4 is 29.5 Å². The quantitative estimate of drug-likeness (QED) is 0.263. The van der Waals surface area contributed by atoms with Crippen molar-refractivity contribution in [2.45, 2.75) is 4.90 Å². The zero-order valence-corrected chi connectivity index (χ0v) is 14.9. The lowest BCUT2D eigenvalue weighted by Crippen LogP contribution is -2.29. The van der Waals surface area contributed by atoms with Crippen LogP contribution >= 0.6 is 11.8 Å². The lowest BCUT2D eigenvalue weighted by molar-refractivity contribution is -0.124. The Morgan fingerprint density at radius 1 is 1.20 bits per heavy atom. The van der Waals surface area contributed by atoms with Gasteiger partial charge in [-0.25, -0.2) is 4.79 Å². The Balaban J connectivity index is 2.54. The minimum Gasteiger partial charge on any atom is -0.452 e. The number of carbonyl (C=O) groups is 3. The van der Waals surface area contributed by atoms with Crippen molar-refractivity contribution < 1.29 is 23.9 Å². The zero-order valence-electron chi connectivity index (χ0n) is 14.1. The Morgan fingerprint density at radius 3 is 2.68 bits per heavy atom. The van der Waals surface area contributed by atoms with Crippen molar-refractivity contribution in [1.82, 2.24) is 10.6 Å². The summed E-state index contributed by atoms with van der Waals surface area (Å²) in [5.74, 6) is -1.02. The summed E-state index contributed by atoms with van der Waals surface area (Å²) in [5.41, 5.74) is 0.314. The molecule has 0 aliphatic rings. The van der Waals surface area contributed by atoms with Crippen molar-refractivity contribution in [2.24, 2.45) is 0 Å². The Kier molecular flexibility index (Phi) is 10.0. The van der Waals surface area contributed by atoms with Gasteiger partial charge in [0.25, 0.3) is 5.91 Å². The van der Waals surface area contributed by atoms with E-state index in [1.165, 1.54) is 17.8 Å². The maximum Gasteiger partial charge on any atom is 0.339 e. The average molecular weight is 366 g/mol. The van der Waals surface area contributed by atoms with E-state index < -0.39 is 11.9 Å². The van der Waals surface area contributed by atoms with E-state index in [9.17, 15) is 14.4 Å². The van der Waals surface area contributed by atoms with Crippen molar-refractivity contribution in [2.75, 3.05) is 39.2 Å². The molecular formula is C17H22N2O5S. The van der Waals surface area contributed by atoms with Crippen LogP contribution in [0.25, 0.3) is 0 Å². The number of ether oxygens (including phenoxy) is 2. The average Bonchev–Trinajstić information content (AvgIpc) is 2.63. The van der Waals surface area contributed by atoms with Crippen molar-refractivity contribution in [3.63, 3.8) is 0 Å². The third-order valence-corrected chi connectivity index (χ3v) is 3.95. The number of thioether (sulfide) groups is 1. The third-order valence-electron chi connectivity index (χ3n) is 2.87. The van der Waals surface area contributed by atoms with Gasteiger partial charge in [-0.15, -0.1) is 18.3 Å². The lowest BCUT2D eigenvalue weighted by atomic mass is 10.2. The molecule has 0 atom stereocenters. The summed E-state index contributed by atoms with van der Waals surface area (Å²) in [5, 5.41) is 5.22. The predicted octanol–water partition coefficient (Wildman–Crippen LogP) is 1.00. The van der Waals surface area contributed by atoms with E-state index in [-0.39, 0.29) is 18.3 Å². The molecule has 136 valence electrons. The molecule has 0 aliphatic carbocycles. The predicted molar refractivity (Wildman–Crippen MR) is 95.5 cm³/mol. The number of benzene rings is 1. The minimum absolute atomic E-state index is 0.158. The second-order valence-corrected chi connectivity index (χ2v) is 5.81. The van der Waals surface area contributed by atoms with Crippen LogP contribution in [0.4, 0.5) is 0 Å². The van der Waals surface area contributed by atoms with E-state index in [2.05, 4.69) is 17.2 Å². The topological polar surface area (TPSA) is 93.7 Å². The monoisotopic (exact) mass is 366 g/mol. The molecule has 0 fully saturated rings. The van der Waals surface area contributed by atoms with Gasteiger partial charge in [0.2, 0.25) is 5.91 Å². The standard InChI is InChI=1S/C17H22N2O5S/c1-3-8-18-15(20)11-24-17(22)13-6-4-5-7-14(13)25-12-16(21)19-9-10-23-2/h3-7H,1,8-12H2,2H3,(H,18,20)(H,19,21). The number of carbonyl (C=O) groups excluding carboxylic acids is 3. The van der Waals surface area contributed by atoms with Gasteiger partial charge in [0.1, 0.15) is 0 Å². The highest BCUT2D eigenvalue weighted by Crippen LogP contribution is 2.23. The summed E-state index contributed by atoms with van der Waals surface area (Å²) >= 11 is 1.22. The summed E-state index contributed by atoms with van der Waals surface area (Å²) in [7, 11) is 1.56. The number of rotatable bonds is 11. The first kappa shape index (κ1) is 20.7. The molecule has 7 nitrogen and oxygen atoms in total. The molecule has 1 aromatic rings. The maximum absolute atomic E-state index is 12.1. The minimum atomic E-state index is -0.614. The van der Waals surface area contributed by atoms with Gasteiger partial charge in [-0.2, -0.15) is 0 Å². The molecule has 0 radical (unpaired) electrons. The molecular weight excluding hydrogens is 344 g/mol. The van der Waals surface area contributed by atoms with E-state index >= 15 is 0 Å². The van der Waals surface area contributed by atoms with Gasteiger partial charge in [-0.05, 0) is 12.1 Å².